The Morgan fingerprint density at radius 2 is 1.92 bits per heavy atom. The Balaban J connectivity index is 1.56. The quantitative estimate of drug-likeness (QED) is 0.759. The number of urea groups is 1. The van der Waals surface area contributed by atoms with Crippen LogP contribution < -0.4 is 15.4 Å². The summed E-state index contributed by atoms with van der Waals surface area (Å²) < 4.78 is 5.59. The van der Waals surface area contributed by atoms with Crippen molar-refractivity contribution in [3.63, 3.8) is 0 Å². The number of nitrogens with zero attached hydrogens (tertiary/aromatic N) is 1. The van der Waals surface area contributed by atoms with E-state index in [0.29, 0.717) is 18.7 Å². The Morgan fingerprint density at radius 3 is 2.62 bits per heavy atom. The predicted octanol–water partition coefficient (Wildman–Crippen LogP) is 4.39. The second-order valence-electron chi connectivity index (χ2n) is 7.53. The summed E-state index contributed by atoms with van der Waals surface area (Å²) in [5.41, 5.74) is 0.729. The second kappa shape index (κ2) is 9.26. The van der Waals surface area contributed by atoms with Crippen LogP contribution >= 0.6 is 0 Å². The molecule has 5 heteroatoms. The first-order valence-electron chi connectivity index (χ1n) is 10.3. The number of carbonyl (C=O) groups is 1. The number of rotatable bonds is 7. The molecule has 2 saturated heterocycles. The minimum Gasteiger partial charge on any atom is -0.492 e. The third-order valence-corrected chi connectivity index (χ3v) is 5.67. The van der Waals surface area contributed by atoms with Crippen LogP contribution in [0.1, 0.15) is 58.8 Å². The first kappa shape index (κ1) is 19.0. The standard InChI is InChI=1S/C21H33N3O2/c1-3-5-13-24-17-9-8-10-18(24)15-16(14-17)22-21(25)23-19-11-6-7-12-20(19)26-4-2/h6-7,11-12,16-18H,3-5,8-10,13-15H2,1-2H3,(H2,22,23,25). The molecular weight excluding hydrogens is 326 g/mol. The largest absolute Gasteiger partial charge is 0.492 e. The number of hydrogen-bond donors (Lipinski definition) is 2. The number of anilines is 1. The molecule has 2 unspecified atom stereocenters. The summed E-state index contributed by atoms with van der Waals surface area (Å²) in [7, 11) is 0. The number of carbonyl (C=O) groups excluding carboxylic acids is 1. The molecule has 2 aliphatic rings. The first-order valence-corrected chi connectivity index (χ1v) is 10.3. The van der Waals surface area contributed by atoms with Gasteiger partial charge in [-0.25, -0.2) is 4.79 Å². The highest BCUT2D eigenvalue weighted by atomic mass is 16.5. The molecule has 2 amide bonds. The van der Waals surface area contributed by atoms with Gasteiger partial charge in [-0.05, 0) is 57.7 Å². The van der Waals surface area contributed by atoms with E-state index in [-0.39, 0.29) is 12.1 Å². The Morgan fingerprint density at radius 1 is 1.19 bits per heavy atom. The van der Waals surface area contributed by atoms with E-state index in [1.54, 1.807) is 0 Å². The Hall–Kier alpha value is -1.75. The third-order valence-electron chi connectivity index (χ3n) is 5.67. The van der Waals surface area contributed by atoms with Gasteiger partial charge in [0.05, 0.1) is 12.3 Å². The second-order valence-corrected chi connectivity index (χ2v) is 7.53. The van der Waals surface area contributed by atoms with Crippen molar-refractivity contribution >= 4 is 11.7 Å². The van der Waals surface area contributed by atoms with E-state index in [9.17, 15) is 4.79 Å². The van der Waals surface area contributed by atoms with Gasteiger partial charge in [0.15, 0.2) is 0 Å². The van der Waals surface area contributed by atoms with Crippen LogP contribution in [-0.4, -0.2) is 42.2 Å². The molecule has 26 heavy (non-hydrogen) atoms. The monoisotopic (exact) mass is 359 g/mol. The van der Waals surface area contributed by atoms with Crippen molar-refractivity contribution in [2.45, 2.75) is 76.9 Å². The molecule has 1 aromatic rings. The van der Waals surface area contributed by atoms with Crippen LogP contribution in [0.2, 0.25) is 0 Å². The van der Waals surface area contributed by atoms with Gasteiger partial charge < -0.3 is 15.4 Å². The number of ether oxygens (including phenoxy) is 1. The summed E-state index contributed by atoms with van der Waals surface area (Å²) in [6.45, 7) is 6.00. The van der Waals surface area contributed by atoms with E-state index >= 15 is 0 Å². The number of unbranched alkanes of at least 4 members (excludes halogenated alkanes) is 1. The fourth-order valence-corrected chi connectivity index (χ4v) is 4.50. The van der Waals surface area contributed by atoms with E-state index in [1.807, 2.05) is 31.2 Å². The SMILES string of the molecule is CCCCN1C2CCCC1CC(NC(=O)Nc1ccccc1OCC)C2. The highest BCUT2D eigenvalue weighted by Crippen LogP contribution is 2.34. The molecule has 2 N–H and O–H groups in total. The summed E-state index contributed by atoms with van der Waals surface area (Å²) in [5, 5.41) is 6.17. The average molecular weight is 360 g/mol. The number of para-hydroxylation sites is 2. The summed E-state index contributed by atoms with van der Waals surface area (Å²) in [6, 6.07) is 9.01. The number of benzene rings is 1. The average Bonchev–Trinajstić information content (AvgIpc) is 2.61. The molecule has 1 aromatic carbocycles. The van der Waals surface area contributed by atoms with Crippen molar-refractivity contribution in [2.24, 2.45) is 0 Å². The molecule has 2 fully saturated rings. The van der Waals surface area contributed by atoms with E-state index in [1.165, 1.54) is 38.6 Å². The van der Waals surface area contributed by atoms with Crippen LogP contribution in [0.4, 0.5) is 10.5 Å². The number of piperidine rings is 2. The Labute approximate surface area is 157 Å². The number of hydrogen-bond acceptors (Lipinski definition) is 3. The Kier molecular flexibility index (Phi) is 6.78. The van der Waals surface area contributed by atoms with Gasteiger partial charge in [-0.15, -0.1) is 0 Å². The summed E-state index contributed by atoms with van der Waals surface area (Å²) in [4.78, 5) is 15.2. The highest BCUT2D eigenvalue weighted by molar-refractivity contribution is 5.91. The summed E-state index contributed by atoms with van der Waals surface area (Å²) in [6.07, 6.45) is 8.54. The van der Waals surface area contributed by atoms with Crippen molar-refractivity contribution in [1.29, 1.82) is 0 Å². The van der Waals surface area contributed by atoms with Gasteiger partial charge in [-0.1, -0.05) is 31.9 Å². The van der Waals surface area contributed by atoms with Gasteiger partial charge in [-0.3, -0.25) is 4.90 Å². The predicted molar refractivity (Wildman–Crippen MR) is 106 cm³/mol. The fourth-order valence-electron chi connectivity index (χ4n) is 4.50. The zero-order valence-corrected chi connectivity index (χ0v) is 16.2. The third kappa shape index (κ3) is 4.70. The van der Waals surface area contributed by atoms with Crippen LogP contribution in [0, 0.1) is 0 Å². The van der Waals surface area contributed by atoms with Gasteiger partial charge >= 0.3 is 6.03 Å². The van der Waals surface area contributed by atoms with Crippen molar-refractivity contribution in [3.8, 4) is 5.75 Å². The summed E-state index contributed by atoms with van der Waals surface area (Å²) >= 11 is 0. The molecule has 2 aliphatic heterocycles. The molecule has 0 spiro atoms. The first-order chi connectivity index (χ1) is 12.7. The van der Waals surface area contributed by atoms with Gasteiger partial charge in [0, 0.05) is 18.1 Å². The van der Waals surface area contributed by atoms with Crippen molar-refractivity contribution < 1.29 is 9.53 Å². The van der Waals surface area contributed by atoms with Crippen LogP contribution in [0.25, 0.3) is 0 Å². The lowest BCUT2D eigenvalue weighted by Gasteiger charge is -2.49. The molecule has 5 nitrogen and oxygen atoms in total. The van der Waals surface area contributed by atoms with Crippen LogP contribution in [0.5, 0.6) is 5.75 Å². The molecule has 3 rings (SSSR count). The molecule has 144 valence electrons. The van der Waals surface area contributed by atoms with Gasteiger partial charge in [0.2, 0.25) is 0 Å². The molecule has 0 radical (unpaired) electrons. The maximum absolute atomic E-state index is 12.5. The number of nitrogens with one attached hydrogen (secondary N) is 2. The van der Waals surface area contributed by atoms with E-state index < -0.39 is 0 Å². The lowest BCUT2D eigenvalue weighted by Crippen LogP contribution is -2.57. The molecule has 2 heterocycles. The van der Waals surface area contributed by atoms with Gasteiger partial charge in [0.1, 0.15) is 5.75 Å². The van der Waals surface area contributed by atoms with Crippen molar-refractivity contribution in [2.75, 3.05) is 18.5 Å². The Bertz CT molecular complexity index is 578. The zero-order chi connectivity index (χ0) is 18.4. The molecule has 0 aliphatic carbocycles. The van der Waals surface area contributed by atoms with Gasteiger partial charge in [0.25, 0.3) is 0 Å². The minimum absolute atomic E-state index is 0.123. The van der Waals surface area contributed by atoms with Crippen LogP contribution in [-0.2, 0) is 0 Å². The smallest absolute Gasteiger partial charge is 0.319 e. The molecular formula is C21H33N3O2. The molecule has 2 atom stereocenters. The van der Waals surface area contributed by atoms with Crippen molar-refractivity contribution in [3.05, 3.63) is 24.3 Å². The van der Waals surface area contributed by atoms with E-state index in [0.717, 1.165) is 24.3 Å². The fraction of sp³-hybridized carbons (Fsp3) is 0.667. The van der Waals surface area contributed by atoms with E-state index in [2.05, 4.69) is 22.5 Å². The lowest BCUT2D eigenvalue weighted by atomic mass is 9.81. The highest BCUT2D eigenvalue weighted by Gasteiger charge is 2.38. The van der Waals surface area contributed by atoms with Crippen LogP contribution in [0.3, 0.4) is 0 Å². The van der Waals surface area contributed by atoms with Gasteiger partial charge in [-0.2, -0.15) is 0 Å². The van der Waals surface area contributed by atoms with Crippen molar-refractivity contribution in [1.82, 2.24) is 10.2 Å². The lowest BCUT2D eigenvalue weighted by molar-refractivity contribution is 0.0260. The molecule has 0 saturated carbocycles. The number of amides is 2. The maximum atomic E-state index is 12.5. The van der Waals surface area contributed by atoms with E-state index in [4.69, 9.17) is 4.74 Å². The molecule has 2 bridgehead atoms. The number of fused-ring (bicyclic) bond motifs is 2. The molecule has 0 aromatic heterocycles. The topological polar surface area (TPSA) is 53.6 Å². The van der Waals surface area contributed by atoms with Crippen LogP contribution in [0.15, 0.2) is 24.3 Å². The maximum Gasteiger partial charge on any atom is 0.319 e. The minimum atomic E-state index is -0.123. The normalized spacial score (nSPS) is 25.5. The zero-order valence-electron chi connectivity index (χ0n) is 16.2. The summed E-state index contributed by atoms with van der Waals surface area (Å²) in [5.74, 6) is 0.719.